The molecule has 23 heavy (non-hydrogen) atoms. The van der Waals surface area contributed by atoms with E-state index in [4.69, 9.17) is 9.47 Å². The first-order chi connectivity index (χ1) is 10.9. The monoisotopic (exact) mass is 322 g/mol. The molecule has 6 nitrogen and oxygen atoms in total. The summed E-state index contributed by atoms with van der Waals surface area (Å²) in [6.07, 6.45) is 2.77. The Morgan fingerprint density at radius 2 is 2.22 bits per heavy atom. The van der Waals surface area contributed by atoms with Crippen molar-refractivity contribution < 1.29 is 19.4 Å². The molecule has 0 amide bonds. The molecule has 0 saturated carbocycles. The molecular weight excluding hydrogens is 296 g/mol. The van der Waals surface area contributed by atoms with Crippen LogP contribution in [0.15, 0.2) is 12.3 Å². The lowest BCUT2D eigenvalue weighted by Crippen LogP contribution is -2.53. The van der Waals surface area contributed by atoms with Gasteiger partial charge in [-0.3, -0.25) is 0 Å². The van der Waals surface area contributed by atoms with Crippen LogP contribution in [0.1, 0.15) is 62.5 Å². The van der Waals surface area contributed by atoms with E-state index in [0.29, 0.717) is 23.6 Å². The molecule has 2 atom stereocenters. The van der Waals surface area contributed by atoms with E-state index >= 15 is 0 Å². The third-order valence-electron chi connectivity index (χ3n) is 4.01. The predicted molar refractivity (Wildman–Crippen MR) is 86.6 cm³/mol. The molecule has 6 heteroatoms. The fraction of sp³-hybridized carbons (Fsp3) is 0.647. The van der Waals surface area contributed by atoms with E-state index < -0.39 is 17.7 Å². The summed E-state index contributed by atoms with van der Waals surface area (Å²) >= 11 is 0. The average molecular weight is 322 g/mol. The first-order valence-corrected chi connectivity index (χ1v) is 8.18. The van der Waals surface area contributed by atoms with Gasteiger partial charge in [-0.05, 0) is 39.8 Å². The third-order valence-corrected chi connectivity index (χ3v) is 4.01. The number of aromatic nitrogens is 1. The van der Waals surface area contributed by atoms with Gasteiger partial charge < -0.3 is 19.9 Å². The van der Waals surface area contributed by atoms with Crippen molar-refractivity contribution in [2.24, 2.45) is 0 Å². The molecule has 1 aromatic rings. The van der Waals surface area contributed by atoms with Gasteiger partial charge >= 0.3 is 5.97 Å². The number of aliphatic hydroxyl groups is 1. The predicted octanol–water partition coefficient (Wildman–Crippen LogP) is 2.22. The molecule has 1 aromatic heterocycles. The number of carbonyl (C=O) groups excluding carboxylic acids is 1. The SMILES string of the molecule is CCCCN[C@@H]1c2cc(C(=O)OCC)cnc2OC(C)(C)[C@H]1O. The van der Waals surface area contributed by atoms with E-state index in [1.165, 1.54) is 6.20 Å². The van der Waals surface area contributed by atoms with Gasteiger partial charge in [0.1, 0.15) is 11.7 Å². The largest absolute Gasteiger partial charge is 0.469 e. The van der Waals surface area contributed by atoms with Crippen molar-refractivity contribution in [2.75, 3.05) is 13.2 Å². The van der Waals surface area contributed by atoms with Crippen LogP contribution in [0.25, 0.3) is 0 Å². The van der Waals surface area contributed by atoms with Crippen LogP contribution in [0.5, 0.6) is 5.88 Å². The number of rotatable bonds is 6. The van der Waals surface area contributed by atoms with Gasteiger partial charge in [0.2, 0.25) is 5.88 Å². The Morgan fingerprint density at radius 3 is 2.87 bits per heavy atom. The summed E-state index contributed by atoms with van der Waals surface area (Å²) in [7, 11) is 0. The van der Waals surface area contributed by atoms with Crippen LogP contribution in [-0.4, -0.2) is 40.9 Å². The Balaban J connectivity index is 2.34. The smallest absolute Gasteiger partial charge is 0.339 e. The molecule has 1 aliphatic rings. The van der Waals surface area contributed by atoms with Crippen LogP contribution >= 0.6 is 0 Å². The number of nitrogens with one attached hydrogen (secondary N) is 1. The highest BCUT2D eigenvalue weighted by atomic mass is 16.5. The number of carbonyl (C=O) groups is 1. The minimum absolute atomic E-state index is 0.306. The number of hydrogen-bond donors (Lipinski definition) is 2. The van der Waals surface area contributed by atoms with Crippen molar-refractivity contribution in [3.8, 4) is 5.88 Å². The maximum Gasteiger partial charge on any atom is 0.339 e. The first-order valence-electron chi connectivity index (χ1n) is 8.18. The van der Waals surface area contributed by atoms with Crippen LogP contribution in [0.4, 0.5) is 0 Å². The molecule has 0 aliphatic carbocycles. The fourth-order valence-corrected chi connectivity index (χ4v) is 2.64. The Morgan fingerprint density at radius 1 is 1.48 bits per heavy atom. The lowest BCUT2D eigenvalue weighted by Gasteiger charge is -2.41. The van der Waals surface area contributed by atoms with Crippen molar-refractivity contribution >= 4 is 5.97 Å². The zero-order valence-electron chi connectivity index (χ0n) is 14.3. The lowest BCUT2D eigenvalue weighted by molar-refractivity contribution is -0.0674. The number of pyridine rings is 1. The second-order valence-electron chi connectivity index (χ2n) is 6.27. The Labute approximate surface area is 137 Å². The van der Waals surface area contributed by atoms with E-state index in [9.17, 15) is 9.90 Å². The van der Waals surface area contributed by atoms with E-state index in [2.05, 4.69) is 17.2 Å². The molecule has 1 aliphatic heterocycles. The number of unbranched alkanes of at least 4 members (excludes halogenated alkanes) is 1. The fourth-order valence-electron chi connectivity index (χ4n) is 2.64. The van der Waals surface area contributed by atoms with Gasteiger partial charge in [-0.15, -0.1) is 0 Å². The maximum absolute atomic E-state index is 11.9. The number of nitrogens with zero attached hydrogens (tertiary/aromatic N) is 1. The lowest BCUT2D eigenvalue weighted by atomic mass is 9.87. The van der Waals surface area contributed by atoms with E-state index in [0.717, 1.165) is 19.4 Å². The number of hydrogen-bond acceptors (Lipinski definition) is 6. The molecule has 0 unspecified atom stereocenters. The van der Waals surface area contributed by atoms with E-state index in [1.807, 2.05) is 13.8 Å². The van der Waals surface area contributed by atoms with Crippen LogP contribution in [0, 0.1) is 0 Å². The summed E-state index contributed by atoms with van der Waals surface area (Å²) in [5.41, 5.74) is 0.303. The Bertz CT molecular complexity index is 560. The summed E-state index contributed by atoms with van der Waals surface area (Å²) in [6, 6.07) is 1.37. The summed E-state index contributed by atoms with van der Waals surface area (Å²) in [4.78, 5) is 16.2. The van der Waals surface area contributed by atoms with Gasteiger partial charge in [-0.1, -0.05) is 13.3 Å². The highest BCUT2D eigenvalue weighted by Crippen LogP contribution is 2.38. The molecule has 0 spiro atoms. The molecule has 2 N–H and O–H groups in total. The summed E-state index contributed by atoms with van der Waals surface area (Å²) in [5, 5.41) is 14.0. The summed E-state index contributed by atoms with van der Waals surface area (Å²) in [5.74, 6) is 0.0248. The van der Waals surface area contributed by atoms with E-state index in [-0.39, 0.29) is 6.04 Å². The zero-order valence-corrected chi connectivity index (χ0v) is 14.3. The molecule has 128 valence electrons. The van der Waals surface area contributed by atoms with Crippen LogP contribution < -0.4 is 10.1 Å². The van der Waals surface area contributed by atoms with Crippen LogP contribution in [0.2, 0.25) is 0 Å². The Hall–Kier alpha value is -1.66. The molecule has 0 radical (unpaired) electrons. The van der Waals surface area contributed by atoms with E-state index in [1.54, 1.807) is 13.0 Å². The zero-order chi connectivity index (χ0) is 17.0. The number of esters is 1. The third kappa shape index (κ3) is 3.82. The van der Waals surface area contributed by atoms with Gasteiger partial charge in [0.25, 0.3) is 0 Å². The average Bonchev–Trinajstić information content (AvgIpc) is 2.51. The quantitative estimate of drug-likeness (QED) is 0.617. The highest BCUT2D eigenvalue weighted by molar-refractivity contribution is 5.89. The molecule has 0 bridgehead atoms. The summed E-state index contributed by atoms with van der Waals surface area (Å²) in [6.45, 7) is 8.61. The molecule has 0 saturated heterocycles. The van der Waals surface area contributed by atoms with Crippen molar-refractivity contribution in [3.05, 3.63) is 23.4 Å². The number of ether oxygens (including phenoxy) is 2. The molecule has 2 rings (SSSR count). The number of aliphatic hydroxyl groups excluding tert-OH is 1. The second-order valence-corrected chi connectivity index (χ2v) is 6.27. The molecular formula is C17H26N2O4. The van der Waals surface area contributed by atoms with Gasteiger partial charge in [0, 0.05) is 11.8 Å². The standard InChI is InChI=1S/C17H26N2O4/c1-5-7-8-18-13-12-9-11(16(21)22-6-2)10-19-15(12)23-17(3,4)14(13)20/h9-10,13-14,18,20H,5-8H2,1-4H3/t13-,14+/m1/s1. The van der Waals surface area contributed by atoms with Crippen molar-refractivity contribution in [1.82, 2.24) is 10.3 Å². The molecule has 0 aromatic carbocycles. The van der Waals surface area contributed by atoms with Gasteiger partial charge in [0.15, 0.2) is 0 Å². The summed E-state index contributed by atoms with van der Waals surface area (Å²) < 4.78 is 10.8. The second kappa shape index (κ2) is 7.27. The topological polar surface area (TPSA) is 80.7 Å². The van der Waals surface area contributed by atoms with Gasteiger partial charge in [0.05, 0.1) is 18.2 Å². The minimum Gasteiger partial charge on any atom is -0.469 e. The highest BCUT2D eigenvalue weighted by Gasteiger charge is 2.43. The first kappa shape index (κ1) is 17.7. The number of fused-ring (bicyclic) bond motifs is 1. The van der Waals surface area contributed by atoms with Crippen molar-refractivity contribution in [2.45, 2.75) is 58.3 Å². The minimum atomic E-state index is -0.755. The van der Waals surface area contributed by atoms with Crippen LogP contribution in [-0.2, 0) is 4.74 Å². The maximum atomic E-state index is 11.9. The molecule has 0 fully saturated rings. The normalized spacial score (nSPS) is 22.1. The Kier molecular flexibility index (Phi) is 5.59. The molecule has 2 heterocycles. The van der Waals surface area contributed by atoms with Crippen molar-refractivity contribution in [3.63, 3.8) is 0 Å². The van der Waals surface area contributed by atoms with Crippen molar-refractivity contribution in [1.29, 1.82) is 0 Å². The van der Waals surface area contributed by atoms with Gasteiger partial charge in [-0.2, -0.15) is 0 Å². The van der Waals surface area contributed by atoms with Crippen LogP contribution in [0.3, 0.4) is 0 Å². The van der Waals surface area contributed by atoms with Gasteiger partial charge in [-0.25, -0.2) is 9.78 Å².